The van der Waals surface area contributed by atoms with Gasteiger partial charge < -0.3 is 9.73 Å². The van der Waals surface area contributed by atoms with Crippen molar-refractivity contribution in [1.82, 2.24) is 19.7 Å². The van der Waals surface area contributed by atoms with Crippen LogP contribution in [0.25, 0.3) is 22.4 Å². The van der Waals surface area contributed by atoms with Crippen LogP contribution in [-0.4, -0.2) is 25.7 Å². The number of carbonyl (C=O) groups is 1. The fourth-order valence-corrected chi connectivity index (χ4v) is 3.10. The topological polar surface area (TPSA) is 85.8 Å². The zero-order valence-electron chi connectivity index (χ0n) is 16.1. The SMILES string of the molecule is Cc1ccc(-c2cnc(CCC(=O)Nc3cnc4c(c3)c(C)nn4C)o2)cc1. The van der Waals surface area contributed by atoms with Gasteiger partial charge in [0.05, 0.1) is 23.8 Å². The number of carbonyl (C=O) groups excluding carboxylic acids is 1. The maximum absolute atomic E-state index is 12.3. The third kappa shape index (κ3) is 3.64. The van der Waals surface area contributed by atoms with Crippen LogP contribution in [-0.2, 0) is 18.3 Å². The van der Waals surface area contributed by atoms with Crippen LogP contribution in [0.2, 0.25) is 0 Å². The Morgan fingerprint density at radius 2 is 1.93 bits per heavy atom. The Morgan fingerprint density at radius 3 is 2.71 bits per heavy atom. The molecule has 0 aliphatic rings. The van der Waals surface area contributed by atoms with E-state index in [0.29, 0.717) is 23.8 Å². The van der Waals surface area contributed by atoms with Crippen molar-refractivity contribution in [3.05, 3.63) is 59.9 Å². The molecule has 0 aliphatic carbocycles. The number of anilines is 1. The van der Waals surface area contributed by atoms with E-state index in [0.717, 1.165) is 22.3 Å². The minimum Gasteiger partial charge on any atom is -0.441 e. The number of aryl methyl sites for hydroxylation is 4. The number of fused-ring (bicyclic) bond motifs is 1. The molecule has 0 atom stereocenters. The predicted molar refractivity (Wildman–Crippen MR) is 107 cm³/mol. The summed E-state index contributed by atoms with van der Waals surface area (Å²) in [7, 11) is 1.85. The van der Waals surface area contributed by atoms with Gasteiger partial charge in [0.25, 0.3) is 0 Å². The van der Waals surface area contributed by atoms with Crippen molar-refractivity contribution in [3.8, 4) is 11.3 Å². The minimum atomic E-state index is -0.113. The molecule has 28 heavy (non-hydrogen) atoms. The summed E-state index contributed by atoms with van der Waals surface area (Å²) < 4.78 is 7.50. The molecule has 0 spiro atoms. The Balaban J connectivity index is 1.38. The Labute approximate surface area is 162 Å². The van der Waals surface area contributed by atoms with Gasteiger partial charge in [-0.3, -0.25) is 9.48 Å². The molecular weight excluding hydrogens is 354 g/mol. The van der Waals surface area contributed by atoms with E-state index in [1.165, 1.54) is 5.56 Å². The zero-order valence-corrected chi connectivity index (χ0v) is 16.1. The van der Waals surface area contributed by atoms with Crippen molar-refractivity contribution in [2.75, 3.05) is 5.32 Å². The van der Waals surface area contributed by atoms with Crippen LogP contribution < -0.4 is 5.32 Å². The van der Waals surface area contributed by atoms with Gasteiger partial charge in [-0.15, -0.1) is 0 Å². The molecule has 1 aromatic carbocycles. The first kappa shape index (κ1) is 17.9. The van der Waals surface area contributed by atoms with Crippen molar-refractivity contribution in [2.24, 2.45) is 7.05 Å². The quantitative estimate of drug-likeness (QED) is 0.573. The largest absolute Gasteiger partial charge is 0.441 e. The van der Waals surface area contributed by atoms with Crippen molar-refractivity contribution in [2.45, 2.75) is 26.7 Å². The standard InChI is InChI=1S/C21H21N5O2/c1-13-4-6-15(7-5-13)18-12-22-20(28-18)9-8-19(27)24-16-10-17-14(2)25-26(3)21(17)23-11-16/h4-7,10-12H,8-9H2,1-3H3,(H,24,27). The third-order valence-corrected chi connectivity index (χ3v) is 4.60. The van der Waals surface area contributed by atoms with Crippen molar-refractivity contribution in [1.29, 1.82) is 0 Å². The Kier molecular flexibility index (Phi) is 4.65. The van der Waals surface area contributed by atoms with Crippen molar-refractivity contribution < 1.29 is 9.21 Å². The molecule has 0 bridgehead atoms. The summed E-state index contributed by atoms with van der Waals surface area (Å²) in [6.45, 7) is 3.96. The number of hydrogen-bond acceptors (Lipinski definition) is 5. The summed E-state index contributed by atoms with van der Waals surface area (Å²) in [4.78, 5) is 20.9. The monoisotopic (exact) mass is 375 g/mol. The number of aromatic nitrogens is 4. The lowest BCUT2D eigenvalue weighted by Crippen LogP contribution is -2.12. The van der Waals surface area contributed by atoms with Gasteiger partial charge in [-0.05, 0) is 19.9 Å². The molecule has 0 fully saturated rings. The molecule has 4 rings (SSSR count). The highest BCUT2D eigenvalue weighted by atomic mass is 16.4. The van der Waals surface area contributed by atoms with E-state index in [4.69, 9.17) is 4.42 Å². The molecule has 7 heteroatoms. The third-order valence-electron chi connectivity index (χ3n) is 4.60. The van der Waals surface area contributed by atoms with Crippen molar-refractivity contribution >= 4 is 22.6 Å². The molecule has 0 aliphatic heterocycles. The number of hydrogen-bond donors (Lipinski definition) is 1. The van der Waals surface area contributed by atoms with Crippen LogP contribution in [0, 0.1) is 13.8 Å². The van der Waals surface area contributed by atoms with E-state index >= 15 is 0 Å². The fraction of sp³-hybridized carbons (Fsp3) is 0.238. The van der Waals surface area contributed by atoms with E-state index in [9.17, 15) is 4.79 Å². The molecule has 0 saturated carbocycles. The molecule has 0 unspecified atom stereocenters. The molecule has 142 valence electrons. The van der Waals surface area contributed by atoms with Gasteiger partial charge in [0.2, 0.25) is 5.91 Å². The number of oxazole rings is 1. The van der Waals surface area contributed by atoms with Gasteiger partial charge in [0.1, 0.15) is 0 Å². The van der Waals surface area contributed by atoms with Crippen LogP contribution in [0.4, 0.5) is 5.69 Å². The number of benzene rings is 1. The highest BCUT2D eigenvalue weighted by Gasteiger charge is 2.11. The second-order valence-electron chi connectivity index (χ2n) is 6.84. The highest BCUT2D eigenvalue weighted by molar-refractivity contribution is 5.93. The van der Waals surface area contributed by atoms with E-state index in [1.54, 1.807) is 17.1 Å². The summed E-state index contributed by atoms with van der Waals surface area (Å²) in [5.74, 6) is 1.14. The number of rotatable bonds is 5. The van der Waals surface area contributed by atoms with Gasteiger partial charge in [-0.2, -0.15) is 5.10 Å². The number of nitrogens with zero attached hydrogens (tertiary/aromatic N) is 4. The lowest BCUT2D eigenvalue weighted by Gasteiger charge is -2.04. The Morgan fingerprint density at radius 1 is 1.14 bits per heavy atom. The zero-order chi connectivity index (χ0) is 19.7. The van der Waals surface area contributed by atoms with Crippen LogP contribution in [0.5, 0.6) is 0 Å². The Hall–Kier alpha value is -3.48. The first-order valence-corrected chi connectivity index (χ1v) is 9.10. The molecule has 0 radical (unpaired) electrons. The van der Waals surface area contributed by atoms with Crippen LogP contribution in [0.1, 0.15) is 23.6 Å². The fourth-order valence-electron chi connectivity index (χ4n) is 3.10. The lowest BCUT2D eigenvalue weighted by atomic mass is 10.1. The number of nitrogens with one attached hydrogen (secondary N) is 1. The average Bonchev–Trinajstić information content (AvgIpc) is 3.26. The Bertz CT molecular complexity index is 1140. The maximum Gasteiger partial charge on any atom is 0.224 e. The first-order valence-electron chi connectivity index (χ1n) is 9.10. The first-order chi connectivity index (χ1) is 13.5. The smallest absolute Gasteiger partial charge is 0.224 e. The van der Waals surface area contributed by atoms with Gasteiger partial charge in [0.15, 0.2) is 17.3 Å². The molecule has 1 amide bonds. The minimum absolute atomic E-state index is 0.113. The molecule has 1 N–H and O–H groups in total. The van der Waals surface area contributed by atoms with Crippen LogP contribution in [0.3, 0.4) is 0 Å². The summed E-state index contributed by atoms with van der Waals surface area (Å²) in [5, 5.41) is 8.14. The van der Waals surface area contributed by atoms with Crippen molar-refractivity contribution in [3.63, 3.8) is 0 Å². The molecule has 4 aromatic rings. The summed E-state index contributed by atoms with van der Waals surface area (Å²) in [5.41, 5.74) is 4.49. The average molecular weight is 375 g/mol. The summed E-state index contributed by atoms with van der Waals surface area (Å²) >= 11 is 0. The molecule has 3 aromatic heterocycles. The molecular formula is C21H21N5O2. The maximum atomic E-state index is 12.3. The van der Waals surface area contributed by atoms with Crippen LogP contribution >= 0.6 is 0 Å². The normalized spacial score (nSPS) is 11.1. The second-order valence-corrected chi connectivity index (χ2v) is 6.84. The van der Waals surface area contributed by atoms with E-state index in [-0.39, 0.29) is 12.3 Å². The van der Waals surface area contributed by atoms with Gasteiger partial charge in [0, 0.05) is 30.8 Å². The molecule has 7 nitrogen and oxygen atoms in total. The number of amides is 1. The summed E-state index contributed by atoms with van der Waals surface area (Å²) in [6, 6.07) is 9.94. The predicted octanol–water partition coefficient (Wildman–Crippen LogP) is 3.81. The van der Waals surface area contributed by atoms with E-state index in [1.807, 2.05) is 51.2 Å². The van der Waals surface area contributed by atoms with E-state index < -0.39 is 0 Å². The van der Waals surface area contributed by atoms with E-state index in [2.05, 4.69) is 20.4 Å². The molecule has 0 saturated heterocycles. The highest BCUT2D eigenvalue weighted by Crippen LogP contribution is 2.22. The molecule has 3 heterocycles. The van der Waals surface area contributed by atoms with Gasteiger partial charge in [-0.1, -0.05) is 29.8 Å². The van der Waals surface area contributed by atoms with Crippen LogP contribution in [0.15, 0.2) is 47.1 Å². The van der Waals surface area contributed by atoms with Gasteiger partial charge in [-0.25, -0.2) is 9.97 Å². The number of pyridine rings is 1. The second kappa shape index (κ2) is 7.26. The summed E-state index contributed by atoms with van der Waals surface area (Å²) in [6.07, 6.45) is 4.04. The van der Waals surface area contributed by atoms with Gasteiger partial charge >= 0.3 is 0 Å². The lowest BCUT2D eigenvalue weighted by molar-refractivity contribution is -0.116.